The van der Waals surface area contributed by atoms with Gasteiger partial charge in [-0.15, -0.1) is 0 Å². The largest absolute Gasteiger partial charge is 0.493 e. The fourth-order valence-electron chi connectivity index (χ4n) is 7.42. The molecule has 2 saturated heterocycles. The Labute approximate surface area is 285 Å². The van der Waals surface area contributed by atoms with Gasteiger partial charge in [0.15, 0.2) is 0 Å². The maximum atomic E-state index is 13.7. The summed E-state index contributed by atoms with van der Waals surface area (Å²) in [4.78, 5) is 18.8. The van der Waals surface area contributed by atoms with Crippen molar-refractivity contribution in [1.82, 2.24) is 19.6 Å². The summed E-state index contributed by atoms with van der Waals surface area (Å²) in [7, 11) is 0. The lowest BCUT2D eigenvalue weighted by molar-refractivity contribution is 0.239. The third-order valence-electron chi connectivity index (χ3n) is 10.1. The van der Waals surface area contributed by atoms with Crippen LogP contribution in [-0.2, 0) is 12.8 Å². The first kappa shape index (κ1) is 33.7. The molecule has 0 bridgehead atoms. The van der Waals surface area contributed by atoms with Crippen LogP contribution in [0.2, 0.25) is 5.02 Å². The maximum Gasteiger partial charge on any atom is 0.274 e. The molecule has 0 saturated carbocycles. The molecule has 0 radical (unpaired) electrons. The van der Waals surface area contributed by atoms with Gasteiger partial charge in [-0.05, 0) is 125 Å². The first-order valence-corrected chi connectivity index (χ1v) is 18.3. The third kappa shape index (κ3) is 9.25. The van der Waals surface area contributed by atoms with Gasteiger partial charge in [-0.1, -0.05) is 66.9 Å². The molecule has 0 spiro atoms. The second kappa shape index (κ2) is 16.8. The van der Waals surface area contributed by atoms with Crippen molar-refractivity contribution in [2.45, 2.75) is 83.6 Å². The van der Waals surface area contributed by atoms with Gasteiger partial charge < -0.3 is 14.5 Å². The second-order valence-corrected chi connectivity index (χ2v) is 14.1. The van der Waals surface area contributed by atoms with Crippen LogP contribution in [0.3, 0.4) is 0 Å². The zero-order valence-corrected chi connectivity index (χ0v) is 28.9. The second-order valence-electron chi connectivity index (χ2n) is 13.6. The minimum atomic E-state index is 0.0270. The first-order chi connectivity index (χ1) is 23.0. The van der Waals surface area contributed by atoms with Crippen LogP contribution in [-0.4, -0.2) is 65.5 Å². The van der Waals surface area contributed by atoms with Crippen molar-refractivity contribution in [3.8, 4) is 5.75 Å². The molecule has 6 nitrogen and oxygen atoms in total. The normalized spacial score (nSPS) is 18.2. The monoisotopic (exact) mass is 654 g/mol. The van der Waals surface area contributed by atoms with Crippen LogP contribution in [0.1, 0.15) is 86.2 Å². The molecule has 2 fully saturated rings. The van der Waals surface area contributed by atoms with E-state index < -0.39 is 0 Å². The van der Waals surface area contributed by atoms with E-state index in [-0.39, 0.29) is 11.6 Å². The van der Waals surface area contributed by atoms with Crippen LogP contribution in [0, 0.1) is 6.92 Å². The minimum absolute atomic E-state index is 0.0270. The summed E-state index contributed by atoms with van der Waals surface area (Å²) in [6, 6.07) is 22.7. The molecule has 0 N–H and O–H groups in total. The van der Waals surface area contributed by atoms with Gasteiger partial charge in [0, 0.05) is 29.9 Å². The van der Waals surface area contributed by atoms with Gasteiger partial charge >= 0.3 is 0 Å². The van der Waals surface area contributed by atoms with E-state index in [4.69, 9.17) is 21.4 Å². The zero-order valence-electron chi connectivity index (χ0n) is 28.1. The van der Waals surface area contributed by atoms with Gasteiger partial charge in [-0.2, -0.15) is 5.10 Å². The Morgan fingerprint density at radius 1 is 0.787 bits per heavy atom. The molecule has 1 atom stereocenters. The molecular formula is C40H51ClN4O2. The molecule has 250 valence electrons. The first-order valence-electron chi connectivity index (χ1n) is 18.0. The Morgan fingerprint density at radius 3 is 2.28 bits per heavy atom. The van der Waals surface area contributed by atoms with Crippen LogP contribution < -0.4 is 10.3 Å². The van der Waals surface area contributed by atoms with Gasteiger partial charge in [0.1, 0.15) is 5.75 Å². The number of hydrogen-bond donors (Lipinski definition) is 0. The molecule has 47 heavy (non-hydrogen) atoms. The number of ether oxygens (including phenoxy) is 1. The Kier molecular flexibility index (Phi) is 12.0. The molecule has 1 aromatic heterocycles. The molecule has 0 aliphatic carbocycles. The predicted molar refractivity (Wildman–Crippen MR) is 194 cm³/mol. The van der Waals surface area contributed by atoms with Gasteiger partial charge in [-0.3, -0.25) is 4.79 Å². The number of fused-ring (bicyclic) bond motifs is 1. The number of rotatable bonds is 12. The van der Waals surface area contributed by atoms with Crippen molar-refractivity contribution >= 4 is 22.4 Å². The van der Waals surface area contributed by atoms with E-state index in [1.807, 2.05) is 48.5 Å². The molecule has 3 heterocycles. The third-order valence-corrected chi connectivity index (χ3v) is 10.3. The van der Waals surface area contributed by atoms with Crippen molar-refractivity contribution in [1.29, 1.82) is 0 Å². The molecule has 2 aliphatic rings. The standard InChI is InChI=1S/C40H51ClN4O2/c1-31-29-32(17-20-39(31)47-28-10-26-43-22-6-2-3-7-23-43)11-8-24-44-25-9-12-35(21-27-44)45-40(46)37-14-5-4-13-36(37)38(42-45)30-33-15-18-34(41)19-16-33/h4-5,13-20,29,35H,2-3,6-12,21-28,30H2,1H3. The number of aryl methyl sites for hydroxylation is 2. The summed E-state index contributed by atoms with van der Waals surface area (Å²) in [5.74, 6) is 1.03. The molecule has 2 aliphatic heterocycles. The van der Waals surface area contributed by atoms with E-state index in [2.05, 4.69) is 34.9 Å². The SMILES string of the molecule is Cc1cc(CCCN2CCCC(n3nc(Cc4ccc(Cl)cc4)c4ccccc4c3=O)CC2)ccc1OCCCN1CCCCCC1. The number of halogens is 1. The highest BCUT2D eigenvalue weighted by molar-refractivity contribution is 6.30. The van der Waals surface area contributed by atoms with E-state index in [0.29, 0.717) is 6.42 Å². The number of aromatic nitrogens is 2. The lowest BCUT2D eigenvalue weighted by Crippen LogP contribution is -2.30. The lowest BCUT2D eigenvalue weighted by atomic mass is 10.0. The van der Waals surface area contributed by atoms with Gasteiger partial charge in [-0.25, -0.2) is 4.68 Å². The van der Waals surface area contributed by atoms with Crippen molar-refractivity contribution < 1.29 is 4.74 Å². The molecule has 0 amide bonds. The van der Waals surface area contributed by atoms with Crippen LogP contribution >= 0.6 is 11.6 Å². The number of likely N-dealkylation sites (tertiary alicyclic amines) is 2. The summed E-state index contributed by atoms with van der Waals surface area (Å²) >= 11 is 6.13. The Hall–Kier alpha value is -3.19. The van der Waals surface area contributed by atoms with Crippen molar-refractivity contribution in [3.05, 3.63) is 104 Å². The Balaban J connectivity index is 0.999. The van der Waals surface area contributed by atoms with Crippen molar-refractivity contribution in [2.24, 2.45) is 0 Å². The van der Waals surface area contributed by atoms with Crippen LogP contribution in [0.25, 0.3) is 10.8 Å². The zero-order chi connectivity index (χ0) is 32.4. The van der Waals surface area contributed by atoms with E-state index in [0.717, 1.165) is 104 Å². The van der Waals surface area contributed by atoms with Gasteiger partial charge in [0.25, 0.3) is 5.56 Å². The molecular weight excluding hydrogens is 604 g/mol. The average Bonchev–Trinajstić information content (AvgIpc) is 3.50. The van der Waals surface area contributed by atoms with Crippen molar-refractivity contribution in [2.75, 3.05) is 45.9 Å². The fourth-order valence-corrected chi connectivity index (χ4v) is 7.55. The molecule has 7 heteroatoms. The van der Waals surface area contributed by atoms with Gasteiger partial charge in [0.05, 0.1) is 23.7 Å². The predicted octanol–water partition coefficient (Wildman–Crippen LogP) is 8.25. The number of nitrogens with zero attached hydrogens (tertiary/aromatic N) is 4. The number of hydrogen-bond acceptors (Lipinski definition) is 5. The molecule has 1 unspecified atom stereocenters. The summed E-state index contributed by atoms with van der Waals surface area (Å²) < 4.78 is 7.98. The Bertz CT molecular complexity index is 1640. The molecule has 4 aromatic rings. The van der Waals surface area contributed by atoms with Crippen LogP contribution in [0.4, 0.5) is 0 Å². The fraction of sp³-hybridized carbons (Fsp3) is 0.500. The highest BCUT2D eigenvalue weighted by Gasteiger charge is 2.22. The molecule has 3 aromatic carbocycles. The summed E-state index contributed by atoms with van der Waals surface area (Å²) in [5.41, 5.74) is 4.73. The smallest absolute Gasteiger partial charge is 0.274 e. The number of benzene rings is 3. The molecule has 6 rings (SSSR count). The van der Waals surface area contributed by atoms with E-state index in [1.165, 1.54) is 49.9 Å². The lowest BCUT2D eigenvalue weighted by Gasteiger charge is -2.21. The highest BCUT2D eigenvalue weighted by atomic mass is 35.5. The minimum Gasteiger partial charge on any atom is -0.493 e. The van der Waals surface area contributed by atoms with E-state index >= 15 is 0 Å². The van der Waals surface area contributed by atoms with Crippen LogP contribution in [0.15, 0.2) is 71.5 Å². The summed E-state index contributed by atoms with van der Waals surface area (Å²) in [6.45, 7) is 9.74. The van der Waals surface area contributed by atoms with E-state index in [9.17, 15) is 4.79 Å². The topological polar surface area (TPSA) is 50.6 Å². The van der Waals surface area contributed by atoms with E-state index in [1.54, 1.807) is 4.68 Å². The van der Waals surface area contributed by atoms with Crippen LogP contribution in [0.5, 0.6) is 5.75 Å². The highest BCUT2D eigenvalue weighted by Crippen LogP contribution is 2.25. The average molecular weight is 655 g/mol. The maximum absolute atomic E-state index is 13.7. The summed E-state index contributed by atoms with van der Waals surface area (Å²) in [5, 5.41) is 7.44. The van der Waals surface area contributed by atoms with Gasteiger partial charge in [0.2, 0.25) is 0 Å². The Morgan fingerprint density at radius 2 is 1.49 bits per heavy atom. The quantitative estimate of drug-likeness (QED) is 0.144. The summed E-state index contributed by atoms with van der Waals surface area (Å²) in [6.07, 6.45) is 12.4. The van der Waals surface area contributed by atoms with Crippen molar-refractivity contribution in [3.63, 3.8) is 0 Å².